The molecular formula is C11H16N2O. The van der Waals surface area contributed by atoms with E-state index in [-0.39, 0.29) is 6.10 Å². The topological polar surface area (TPSA) is 48.1 Å². The molecule has 0 aromatic carbocycles. The smallest absolute Gasteiger partial charge is 0.0828 e. The van der Waals surface area contributed by atoms with Crippen LogP contribution in [-0.4, -0.2) is 18.2 Å². The Kier molecular flexibility index (Phi) is 3.65. The summed E-state index contributed by atoms with van der Waals surface area (Å²) in [6, 6.07) is 3.95. The van der Waals surface area contributed by atoms with Gasteiger partial charge in [-0.15, -0.1) is 0 Å². The first-order chi connectivity index (χ1) is 6.69. The first kappa shape index (κ1) is 10.7. The van der Waals surface area contributed by atoms with E-state index in [0.717, 1.165) is 16.8 Å². The van der Waals surface area contributed by atoms with Crippen LogP contribution in [0.15, 0.2) is 24.5 Å². The zero-order valence-corrected chi connectivity index (χ0v) is 8.82. The third-order valence-electron chi connectivity index (χ3n) is 2.18. The third kappa shape index (κ3) is 2.33. The molecule has 14 heavy (non-hydrogen) atoms. The van der Waals surface area contributed by atoms with Gasteiger partial charge in [0.15, 0.2) is 0 Å². The minimum absolute atomic E-state index is 0.0331. The van der Waals surface area contributed by atoms with E-state index < -0.39 is 0 Å². The summed E-state index contributed by atoms with van der Waals surface area (Å²) in [6.45, 7) is 3.97. The van der Waals surface area contributed by atoms with Crippen LogP contribution >= 0.6 is 0 Å². The number of hydrogen-bond acceptors (Lipinski definition) is 3. The van der Waals surface area contributed by atoms with Crippen LogP contribution in [0.2, 0.25) is 0 Å². The van der Waals surface area contributed by atoms with Gasteiger partial charge in [-0.2, -0.15) is 0 Å². The second-order valence-electron chi connectivity index (χ2n) is 3.22. The summed E-state index contributed by atoms with van der Waals surface area (Å²) in [5.74, 6) is 0. The van der Waals surface area contributed by atoms with Crippen LogP contribution in [0, 0.1) is 6.92 Å². The van der Waals surface area contributed by atoms with Crippen molar-refractivity contribution in [2.75, 3.05) is 7.11 Å². The molecule has 1 heterocycles. The second-order valence-corrected chi connectivity index (χ2v) is 3.22. The molecule has 0 amide bonds. The SMILES string of the molecule is COC(C)/C(=C/N)c1cc(C)ccn1. The summed E-state index contributed by atoms with van der Waals surface area (Å²) < 4.78 is 5.21. The van der Waals surface area contributed by atoms with Crippen molar-refractivity contribution in [1.82, 2.24) is 4.98 Å². The summed E-state index contributed by atoms with van der Waals surface area (Å²) in [5.41, 5.74) is 8.50. The van der Waals surface area contributed by atoms with Gasteiger partial charge in [0.25, 0.3) is 0 Å². The Labute approximate surface area is 84.6 Å². The van der Waals surface area contributed by atoms with E-state index in [4.69, 9.17) is 10.5 Å². The van der Waals surface area contributed by atoms with Crippen LogP contribution in [0.3, 0.4) is 0 Å². The van der Waals surface area contributed by atoms with E-state index in [1.54, 1.807) is 19.5 Å². The number of nitrogens with zero attached hydrogens (tertiary/aromatic N) is 1. The van der Waals surface area contributed by atoms with E-state index >= 15 is 0 Å². The quantitative estimate of drug-likeness (QED) is 0.793. The molecule has 3 heteroatoms. The van der Waals surface area contributed by atoms with E-state index in [1.165, 1.54) is 0 Å². The molecule has 0 spiro atoms. The summed E-state index contributed by atoms with van der Waals surface area (Å²) in [4.78, 5) is 4.25. The minimum atomic E-state index is -0.0331. The molecule has 1 unspecified atom stereocenters. The Balaban J connectivity index is 3.02. The number of aryl methyl sites for hydroxylation is 1. The molecule has 0 bridgehead atoms. The van der Waals surface area contributed by atoms with Gasteiger partial charge in [0.1, 0.15) is 0 Å². The molecule has 0 aliphatic heterocycles. The van der Waals surface area contributed by atoms with Crippen LogP contribution in [0.5, 0.6) is 0 Å². The Bertz CT molecular complexity index is 334. The maximum atomic E-state index is 5.55. The molecule has 1 atom stereocenters. The molecule has 1 aromatic heterocycles. The summed E-state index contributed by atoms with van der Waals surface area (Å²) in [7, 11) is 1.66. The molecule has 1 rings (SSSR count). The Morgan fingerprint density at radius 1 is 1.64 bits per heavy atom. The monoisotopic (exact) mass is 192 g/mol. The lowest BCUT2D eigenvalue weighted by atomic mass is 10.1. The van der Waals surface area contributed by atoms with Crippen LogP contribution in [0.25, 0.3) is 5.57 Å². The molecule has 76 valence electrons. The van der Waals surface area contributed by atoms with Gasteiger partial charge >= 0.3 is 0 Å². The Morgan fingerprint density at radius 2 is 2.36 bits per heavy atom. The zero-order valence-electron chi connectivity index (χ0n) is 8.82. The largest absolute Gasteiger partial charge is 0.404 e. The highest BCUT2D eigenvalue weighted by Gasteiger charge is 2.10. The maximum Gasteiger partial charge on any atom is 0.0828 e. The number of nitrogens with two attached hydrogens (primary N) is 1. The number of aromatic nitrogens is 1. The number of pyridine rings is 1. The predicted molar refractivity (Wildman–Crippen MR) is 57.6 cm³/mol. The van der Waals surface area contributed by atoms with E-state index in [1.807, 2.05) is 26.0 Å². The fourth-order valence-corrected chi connectivity index (χ4v) is 1.25. The third-order valence-corrected chi connectivity index (χ3v) is 2.18. The molecule has 0 fully saturated rings. The average Bonchev–Trinajstić information content (AvgIpc) is 2.19. The fourth-order valence-electron chi connectivity index (χ4n) is 1.25. The predicted octanol–water partition coefficient (Wildman–Crippen LogP) is 1.72. The number of rotatable bonds is 3. The van der Waals surface area contributed by atoms with Crippen molar-refractivity contribution in [3.05, 3.63) is 35.8 Å². The fraction of sp³-hybridized carbons (Fsp3) is 0.364. The van der Waals surface area contributed by atoms with Crippen molar-refractivity contribution in [3.8, 4) is 0 Å². The lowest BCUT2D eigenvalue weighted by Crippen LogP contribution is -2.10. The van der Waals surface area contributed by atoms with Crippen molar-refractivity contribution in [2.24, 2.45) is 5.73 Å². The highest BCUT2D eigenvalue weighted by Crippen LogP contribution is 2.17. The number of ether oxygens (including phenoxy) is 1. The molecule has 2 N–H and O–H groups in total. The van der Waals surface area contributed by atoms with Gasteiger partial charge in [0, 0.05) is 25.1 Å². The van der Waals surface area contributed by atoms with Crippen molar-refractivity contribution in [1.29, 1.82) is 0 Å². The highest BCUT2D eigenvalue weighted by molar-refractivity contribution is 5.65. The first-order valence-electron chi connectivity index (χ1n) is 4.56. The van der Waals surface area contributed by atoms with Crippen molar-refractivity contribution < 1.29 is 4.74 Å². The van der Waals surface area contributed by atoms with Crippen LogP contribution < -0.4 is 5.73 Å². The maximum absolute atomic E-state index is 5.55. The molecule has 0 aliphatic rings. The normalized spacial score (nSPS) is 14.1. The van der Waals surface area contributed by atoms with Gasteiger partial charge in [-0.1, -0.05) is 0 Å². The zero-order chi connectivity index (χ0) is 10.6. The van der Waals surface area contributed by atoms with Crippen LogP contribution in [0.4, 0.5) is 0 Å². The molecule has 0 radical (unpaired) electrons. The highest BCUT2D eigenvalue weighted by atomic mass is 16.5. The minimum Gasteiger partial charge on any atom is -0.404 e. The van der Waals surface area contributed by atoms with Crippen molar-refractivity contribution in [3.63, 3.8) is 0 Å². The second kappa shape index (κ2) is 4.77. The number of methoxy groups -OCH3 is 1. The lowest BCUT2D eigenvalue weighted by Gasteiger charge is -2.13. The van der Waals surface area contributed by atoms with Crippen LogP contribution in [0.1, 0.15) is 18.2 Å². The van der Waals surface area contributed by atoms with Crippen LogP contribution in [-0.2, 0) is 4.74 Å². The van der Waals surface area contributed by atoms with Gasteiger partial charge < -0.3 is 10.5 Å². The van der Waals surface area contributed by atoms with Gasteiger partial charge in [-0.25, -0.2) is 0 Å². The average molecular weight is 192 g/mol. The van der Waals surface area contributed by atoms with Gasteiger partial charge in [0.2, 0.25) is 0 Å². The molecule has 0 saturated carbocycles. The van der Waals surface area contributed by atoms with Crippen molar-refractivity contribution >= 4 is 5.57 Å². The Hall–Kier alpha value is -1.35. The number of hydrogen-bond donors (Lipinski definition) is 1. The molecule has 0 aliphatic carbocycles. The van der Waals surface area contributed by atoms with Crippen molar-refractivity contribution in [2.45, 2.75) is 20.0 Å². The summed E-state index contributed by atoms with van der Waals surface area (Å²) in [6.07, 6.45) is 3.29. The van der Waals surface area contributed by atoms with Gasteiger partial charge in [0.05, 0.1) is 11.8 Å². The Morgan fingerprint density at radius 3 is 2.86 bits per heavy atom. The van der Waals surface area contributed by atoms with E-state index in [9.17, 15) is 0 Å². The molecule has 3 nitrogen and oxygen atoms in total. The van der Waals surface area contributed by atoms with E-state index in [2.05, 4.69) is 4.98 Å². The van der Waals surface area contributed by atoms with E-state index in [0.29, 0.717) is 0 Å². The van der Waals surface area contributed by atoms with Gasteiger partial charge in [-0.3, -0.25) is 4.98 Å². The summed E-state index contributed by atoms with van der Waals surface area (Å²) in [5, 5.41) is 0. The lowest BCUT2D eigenvalue weighted by molar-refractivity contribution is 0.163. The standard InChI is InChI=1S/C11H16N2O/c1-8-4-5-13-11(6-8)10(7-12)9(2)14-3/h4-7,9H,12H2,1-3H3/b10-7-. The van der Waals surface area contributed by atoms with Gasteiger partial charge in [-0.05, 0) is 31.5 Å². The summed E-state index contributed by atoms with van der Waals surface area (Å²) >= 11 is 0. The first-order valence-corrected chi connectivity index (χ1v) is 4.56. The molecular weight excluding hydrogens is 176 g/mol. The molecule has 0 saturated heterocycles. The molecule has 1 aromatic rings.